The van der Waals surface area contributed by atoms with Gasteiger partial charge in [-0.15, -0.1) is 0 Å². The highest BCUT2D eigenvalue weighted by Crippen LogP contribution is 2.39. The summed E-state index contributed by atoms with van der Waals surface area (Å²) >= 11 is 0. The van der Waals surface area contributed by atoms with Gasteiger partial charge in [0.05, 0.1) is 22.8 Å². The van der Waals surface area contributed by atoms with Gasteiger partial charge in [-0.3, -0.25) is 19.2 Å². The van der Waals surface area contributed by atoms with Gasteiger partial charge in [-0.2, -0.15) is 0 Å². The lowest BCUT2D eigenvalue weighted by Crippen LogP contribution is -2.27. The summed E-state index contributed by atoms with van der Waals surface area (Å²) in [5.41, 5.74) is 14.7. The number of rotatable bonds is 24. The monoisotopic (exact) mass is 1130 g/mol. The maximum atomic E-state index is 13.4. The number of amides is 4. The number of aromatic amines is 2. The molecule has 0 unspecified atom stereocenters. The van der Waals surface area contributed by atoms with Crippen LogP contribution in [0.25, 0.3) is 90.9 Å². The minimum absolute atomic E-state index is 0.138. The molecular weight excluding hydrogens is 1050 g/mol. The zero-order valence-electron chi connectivity index (χ0n) is 49.7. The Balaban J connectivity index is 1.24. The Bertz CT molecular complexity index is 3540. The van der Waals surface area contributed by atoms with Crippen molar-refractivity contribution in [1.82, 2.24) is 60.8 Å². The summed E-state index contributed by atoms with van der Waals surface area (Å²) in [6.45, 7) is 5.71. The van der Waals surface area contributed by atoms with E-state index in [1.807, 2.05) is 178 Å². The number of fused-ring (bicyclic) bond motifs is 8. The van der Waals surface area contributed by atoms with Gasteiger partial charge in [-0.05, 0) is 228 Å². The van der Waals surface area contributed by atoms with Crippen LogP contribution in [0.5, 0.6) is 0 Å². The summed E-state index contributed by atoms with van der Waals surface area (Å²) in [6, 6.07) is 38.8. The minimum Gasteiger partial charge on any atom is -0.354 e. The predicted octanol–water partition coefficient (Wildman–Crippen LogP) is 10.0. The Labute approximate surface area is 493 Å². The molecule has 4 amide bonds. The highest BCUT2D eigenvalue weighted by Gasteiger charge is 2.21. The third-order valence-corrected chi connectivity index (χ3v) is 14.8. The quantitative estimate of drug-likeness (QED) is 0.0318. The van der Waals surface area contributed by atoms with E-state index in [9.17, 15) is 19.2 Å². The molecule has 16 heteroatoms. The van der Waals surface area contributed by atoms with Gasteiger partial charge in [0.25, 0.3) is 23.6 Å². The van der Waals surface area contributed by atoms with E-state index >= 15 is 0 Å². The van der Waals surface area contributed by atoms with Gasteiger partial charge in [0.2, 0.25) is 0 Å². The Morgan fingerprint density at radius 2 is 0.548 bits per heavy atom. The van der Waals surface area contributed by atoms with Crippen molar-refractivity contribution in [2.45, 2.75) is 25.7 Å². The number of hydrogen-bond donors (Lipinski definition) is 6. The fourth-order valence-electron chi connectivity index (χ4n) is 10.4. The van der Waals surface area contributed by atoms with E-state index in [1.165, 1.54) is 0 Å². The average molecular weight is 1130 g/mol. The fourth-order valence-corrected chi connectivity index (χ4v) is 10.4. The van der Waals surface area contributed by atoms with Crippen molar-refractivity contribution in [2.75, 3.05) is 109 Å². The summed E-state index contributed by atoms with van der Waals surface area (Å²) < 4.78 is 0. The molecule has 3 aromatic heterocycles. The van der Waals surface area contributed by atoms with E-state index in [0.29, 0.717) is 71.2 Å². The molecule has 0 atom stereocenters. The standard InChI is InChI=1S/C68H78N12O4/c1-77(2)41-9-37-69-65(81)49-21-13-45(14-22-49)61-53-29-31-55(73-53)62(46-15-23-50(24-16-46)66(82)70-38-10-42-78(3)4)57-33-35-59(75-57)64(48-19-27-52(28-20-48)68(84)72-40-12-44-80(7)8)60-36-34-58(76-60)63(56-32-30-54(61)74-56)47-17-25-51(26-18-47)67(83)71-39-11-43-79(5)6/h13-36,73-74H,9-12,37-44H2,1-8H3,(H,69,81)(H,70,82)(H,71,83)(H,72,84). The average Bonchev–Trinajstić information content (AvgIpc) is 4.54. The van der Waals surface area contributed by atoms with Gasteiger partial charge in [0, 0.05) is 92.8 Å². The molecule has 84 heavy (non-hydrogen) atoms. The molecule has 0 aliphatic carbocycles. The lowest BCUT2D eigenvalue weighted by Gasteiger charge is -2.11. The zero-order valence-corrected chi connectivity index (χ0v) is 49.7. The molecule has 2 aliphatic rings. The number of hydrogen-bond acceptors (Lipinski definition) is 10. The number of benzene rings is 4. The molecule has 0 saturated carbocycles. The zero-order chi connectivity index (χ0) is 59.3. The lowest BCUT2D eigenvalue weighted by molar-refractivity contribution is 0.0944. The van der Waals surface area contributed by atoms with Crippen molar-refractivity contribution in [3.8, 4) is 44.5 Å². The van der Waals surface area contributed by atoms with E-state index in [1.54, 1.807) is 0 Å². The van der Waals surface area contributed by atoms with Crippen molar-refractivity contribution in [3.63, 3.8) is 0 Å². The van der Waals surface area contributed by atoms with E-state index in [-0.39, 0.29) is 23.6 Å². The molecule has 0 radical (unpaired) electrons. The highest BCUT2D eigenvalue weighted by molar-refractivity contribution is 6.03. The maximum absolute atomic E-state index is 13.4. The van der Waals surface area contributed by atoms with Gasteiger partial charge in [0.15, 0.2) is 0 Å². The van der Waals surface area contributed by atoms with Crippen LogP contribution in [0.4, 0.5) is 0 Å². The fraction of sp³-hybridized carbons (Fsp3) is 0.294. The number of nitrogens with zero attached hydrogens (tertiary/aromatic N) is 6. The summed E-state index contributed by atoms with van der Waals surface area (Å²) in [7, 11) is 16.1. The molecule has 2 aliphatic heterocycles. The van der Waals surface area contributed by atoms with Crippen LogP contribution < -0.4 is 21.3 Å². The van der Waals surface area contributed by atoms with Crippen molar-refractivity contribution in [1.29, 1.82) is 0 Å². The first kappa shape index (κ1) is 59.8. The number of aromatic nitrogens is 4. The normalized spacial score (nSPS) is 12.0. The van der Waals surface area contributed by atoms with Gasteiger partial charge in [-0.25, -0.2) is 9.97 Å². The molecule has 8 bridgehead atoms. The molecule has 6 N–H and O–H groups in total. The molecule has 5 heterocycles. The van der Waals surface area contributed by atoms with Gasteiger partial charge in [0.1, 0.15) is 0 Å². The van der Waals surface area contributed by atoms with Gasteiger partial charge in [-0.1, -0.05) is 48.5 Å². The van der Waals surface area contributed by atoms with Crippen molar-refractivity contribution in [3.05, 3.63) is 166 Å². The molecule has 0 saturated heterocycles. The van der Waals surface area contributed by atoms with Crippen LogP contribution in [-0.2, 0) is 0 Å². The Hall–Kier alpha value is -8.80. The van der Waals surface area contributed by atoms with Gasteiger partial charge >= 0.3 is 0 Å². The van der Waals surface area contributed by atoms with Crippen LogP contribution >= 0.6 is 0 Å². The SMILES string of the molecule is CN(C)CCCNC(=O)c1ccc(-c2c3nc(c(-c4ccc(C(=O)NCCCN(C)C)cc4)c4ccc([nH]4)c(-c4ccc(C(=O)NCCCN(C)C)cc4)c4ccc([nH]4)c(-c4ccc(C(=O)NCCCN(C)C)cc4)c4nc2C=C4)C=C3)cc1. The van der Waals surface area contributed by atoms with E-state index < -0.39 is 0 Å². The summed E-state index contributed by atoms with van der Waals surface area (Å²) in [6.07, 6.45) is 11.4. The van der Waals surface area contributed by atoms with Crippen LogP contribution in [-0.4, -0.2) is 172 Å². The van der Waals surface area contributed by atoms with Crippen LogP contribution in [0.3, 0.4) is 0 Å². The number of carbonyl (C=O) groups excluding carboxylic acids is 4. The van der Waals surface area contributed by atoms with Gasteiger partial charge < -0.3 is 50.8 Å². The first-order chi connectivity index (χ1) is 40.6. The van der Waals surface area contributed by atoms with Crippen molar-refractivity contribution >= 4 is 70.0 Å². The lowest BCUT2D eigenvalue weighted by atomic mass is 10.0. The van der Waals surface area contributed by atoms with Crippen molar-refractivity contribution in [2.24, 2.45) is 0 Å². The highest BCUT2D eigenvalue weighted by atomic mass is 16.2. The Kier molecular flexibility index (Phi) is 19.9. The summed E-state index contributed by atoms with van der Waals surface area (Å²) in [5, 5.41) is 12.3. The third kappa shape index (κ3) is 15.1. The first-order valence-corrected chi connectivity index (χ1v) is 28.9. The largest absolute Gasteiger partial charge is 0.354 e. The summed E-state index contributed by atoms with van der Waals surface area (Å²) in [4.78, 5) is 80.7. The minimum atomic E-state index is -0.146. The maximum Gasteiger partial charge on any atom is 0.251 e. The predicted molar refractivity (Wildman–Crippen MR) is 343 cm³/mol. The van der Waals surface area contributed by atoms with E-state index in [2.05, 4.69) is 75.1 Å². The van der Waals surface area contributed by atoms with Crippen LogP contribution in [0, 0.1) is 0 Å². The molecule has 7 aromatic rings. The molecule has 434 valence electrons. The van der Waals surface area contributed by atoms with Crippen LogP contribution in [0.1, 0.15) is 89.9 Å². The van der Waals surface area contributed by atoms with Crippen molar-refractivity contribution < 1.29 is 19.2 Å². The second kappa shape index (κ2) is 28.0. The van der Waals surface area contributed by atoms with E-state index in [0.717, 1.165) is 118 Å². The Morgan fingerprint density at radius 3 is 0.810 bits per heavy atom. The molecule has 0 fully saturated rings. The first-order valence-electron chi connectivity index (χ1n) is 28.9. The number of nitrogens with one attached hydrogen (secondary N) is 6. The molecule has 16 nitrogen and oxygen atoms in total. The summed E-state index contributed by atoms with van der Waals surface area (Å²) in [5.74, 6) is -0.568. The third-order valence-electron chi connectivity index (χ3n) is 14.8. The molecular formula is C68H78N12O4. The smallest absolute Gasteiger partial charge is 0.251 e. The van der Waals surface area contributed by atoms with Crippen LogP contribution in [0.15, 0.2) is 121 Å². The molecule has 0 spiro atoms. The molecule has 4 aromatic carbocycles. The Morgan fingerprint density at radius 1 is 0.321 bits per heavy atom. The topological polar surface area (TPSA) is 187 Å². The second-order valence-corrected chi connectivity index (χ2v) is 22.5. The number of carbonyl (C=O) groups is 4. The second-order valence-electron chi connectivity index (χ2n) is 22.5. The van der Waals surface area contributed by atoms with E-state index in [4.69, 9.17) is 9.97 Å². The van der Waals surface area contributed by atoms with Crippen LogP contribution in [0.2, 0.25) is 0 Å². The number of H-pyrrole nitrogens is 2. The molecule has 9 rings (SSSR count).